The van der Waals surface area contributed by atoms with Gasteiger partial charge in [-0.05, 0) is 62.1 Å². The van der Waals surface area contributed by atoms with E-state index in [1.807, 2.05) is 56.6 Å². The minimum absolute atomic E-state index is 0.0833. The number of thiazole rings is 1. The molecule has 1 aromatic heterocycles. The molecule has 0 atom stereocenters. The molecule has 4 nitrogen and oxygen atoms in total. The van der Waals surface area contributed by atoms with Crippen LogP contribution in [0, 0.1) is 5.82 Å². The van der Waals surface area contributed by atoms with Crippen LogP contribution in [0.2, 0.25) is 0 Å². The number of hydrogen-bond acceptors (Lipinski definition) is 4. The molecular weight excluding hydrogens is 385 g/mol. The van der Waals surface area contributed by atoms with E-state index in [1.165, 1.54) is 23.5 Å². The maximum Gasteiger partial charge on any atom is 0.260 e. The third kappa shape index (κ3) is 4.13. The highest BCUT2D eigenvalue weighted by Gasteiger charge is 2.22. The van der Waals surface area contributed by atoms with E-state index in [9.17, 15) is 9.18 Å². The van der Waals surface area contributed by atoms with Gasteiger partial charge in [-0.3, -0.25) is 9.69 Å². The molecule has 1 heterocycles. The molecule has 4 rings (SSSR count). The molecule has 4 aromatic rings. The first kappa shape index (κ1) is 19.5. The van der Waals surface area contributed by atoms with Gasteiger partial charge in [-0.25, -0.2) is 9.37 Å². The van der Waals surface area contributed by atoms with Crippen LogP contribution in [-0.2, 0) is 0 Å². The second-order valence-electron chi connectivity index (χ2n) is 7.25. The van der Waals surface area contributed by atoms with Gasteiger partial charge in [0.25, 0.3) is 5.91 Å². The average Bonchev–Trinajstić information content (AvgIpc) is 3.12. The standard InChI is InChI=1S/C23H22FN3OS/c1-26(2)13-6-14-27(23-25-20-12-11-17(24)15-21(20)29-23)22(28)19-10-5-8-16-7-3-4-9-18(16)19/h3-5,7-12,15H,6,13-14H2,1-2H3. The number of benzene rings is 3. The van der Waals surface area contributed by atoms with Gasteiger partial charge in [0.2, 0.25) is 0 Å². The van der Waals surface area contributed by atoms with Crippen molar-refractivity contribution < 1.29 is 9.18 Å². The summed E-state index contributed by atoms with van der Waals surface area (Å²) >= 11 is 1.35. The Labute approximate surface area is 173 Å². The minimum Gasteiger partial charge on any atom is -0.309 e. The van der Waals surface area contributed by atoms with Crippen LogP contribution in [-0.4, -0.2) is 43.0 Å². The molecule has 0 aliphatic heterocycles. The molecule has 1 amide bonds. The van der Waals surface area contributed by atoms with Gasteiger partial charge in [0.05, 0.1) is 10.2 Å². The molecule has 0 unspecified atom stereocenters. The molecule has 0 N–H and O–H groups in total. The third-order valence-corrected chi connectivity index (χ3v) is 5.86. The van der Waals surface area contributed by atoms with Crippen LogP contribution in [0.3, 0.4) is 0 Å². The lowest BCUT2D eigenvalue weighted by Gasteiger charge is -2.21. The molecular formula is C23H22FN3OS. The van der Waals surface area contributed by atoms with Gasteiger partial charge >= 0.3 is 0 Å². The van der Waals surface area contributed by atoms with E-state index in [1.54, 1.807) is 11.0 Å². The number of fused-ring (bicyclic) bond motifs is 2. The van der Waals surface area contributed by atoms with Gasteiger partial charge in [-0.15, -0.1) is 0 Å². The fraction of sp³-hybridized carbons (Fsp3) is 0.217. The van der Waals surface area contributed by atoms with E-state index in [4.69, 9.17) is 0 Å². The SMILES string of the molecule is CN(C)CCCN(C(=O)c1cccc2ccccc12)c1nc2ccc(F)cc2s1. The summed E-state index contributed by atoms with van der Waals surface area (Å²) in [6, 6.07) is 18.2. The highest BCUT2D eigenvalue weighted by molar-refractivity contribution is 7.22. The normalized spacial score (nSPS) is 11.4. The monoisotopic (exact) mass is 407 g/mol. The molecule has 0 aliphatic carbocycles. The zero-order valence-electron chi connectivity index (χ0n) is 16.4. The predicted octanol–water partition coefficient (Wildman–Crippen LogP) is 5.19. The van der Waals surface area contributed by atoms with Crippen molar-refractivity contribution >= 4 is 43.4 Å². The Kier molecular flexibility index (Phi) is 5.56. The van der Waals surface area contributed by atoms with E-state index in [0.29, 0.717) is 22.8 Å². The summed E-state index contributed by atoms with van der Waals surface area (Å²) in [6.45, 7) is 1.40. The Morgan fingerprint density at radius 1 is 1.03 bits per heavy atom. The van der Waals surface area contributed by atoms with Crippen molar-refractivity contribution in [2.45, 2.75) is 6.42 Å². The highest BCUT2D eigenvalue weighted by atomic mass is 32.1. The fourth-order valence-electron chi connectivity index (χ4n) is 3.39. The topological polar surface area (TPSA) is 36.4 Å². The lowest BCUT2D eigenvalue weighted by atomic mass is 10.0. The first-order valence-electron chi connectivity index (χ1n) is 9.53. The number of anilines is 1. The van der Waals surface area contributed by atoms with Crippen molar-refractivity contribution in [1.29, 1.82) is 0 Å². The molecule has 0 aliphatic rings. The lowest BCUT2D eigenvalue weighted by molar-refractivity contribution is 0.0987. The maximum absolute atomic E-state index is 13.6. The summed E-state index contributed by atoms with van der Waals surface area (Å²) in [4.78, 5) is 22.0. The van der Waals surface area contributed by atoms with E-state index < -0.39 is 0 Å². The number of nitrogens with zero attached hydrogens (tertiary/aromatic N) is 3. The Morgan fingerprint density at radius 3 is 2.66 bits per heavy atom. The van der Waals surface area contributed by atoms with Crippen molar-refractivity contribution in [1.82, 2.24) is 9.88 Å². The zero-order chi connectivity index (χ0) is 20.4. The van der Waals surface area contributed by atoms with Crippen molar-refractivity contribution in [2.24, 2.45) is 0 Å². The summed E-state index contributed by atoms with van der Waals surface area (Å²) in [5.41, 5.74) is 1.35. The van der Waals surface area contributed by atoms with Crippen LogP contribution in [0.15, 0.2) is 60.7 Å². The van der Waals surface area contributed by atoms with Crippen LogP contribution in [0.25, 0.3) is 21.0 Å². The maximum atomic E-state index is 13.6. The number of hydrogen-bond donors (Lipinski definition) is 0. The molecule has 29 heavy (non-hydrogen) atoms. The Balaban J connectivity index is 1.75. The lowest BCUT2D eigenvalue weighted by Crippen LogP contribution is -2.33. The summed E-state index contributed by atoms with van der Waals surface area (Å²) in [6.07, 6.45) is 0.813. The molecule has 0 spiro atoms. The quantitative estimate of drug-likeness (QED) is 0.441. The number of carbonyl (C=O) groups is 1. The molecule has 0 fully saturated rings. The number of halogens is 1. The molecule has 0 radical (unpaired) electrons. The largest absolute Gasteiger partial charge is 0.309 e. The van der Waals surface area contributed by atoms with E-state index in [0.717, 1.165) is 28.4 Å². The van der Waals surface area contributed by atoms with Crippen molar-refractivity contribution in [3.8, 4) is 0 Å². The summed E-state index contributed by atoms with van der Waals surface area (Å²) in [7, 11) is 4.02. The number of amides is 1. The third-order valence-electron chi connectivity index (χ3n) is 4.82. The van der Waals surface area contributed by atoms with Gasteiger partial charge in [-0.1, -0.05) is 47.7 Å². The molecule has 6 heteroatoms. The van der Waals surface area contributed by atoms with Gasteiger partial charge in [0, 0.05) is 12.1 Å². The smallest absolute Gasteiger partial charge is 0.260 e. The van der Waals surface area contributed by atoms with E-state index >= 15 is 0 Å². The van der Waals surface area contributed by atoms with Crippen LogP contribution in [0.4, 0.5) is 9.52 Å². The molecule has 148 valence electrons. The first-order valence-corrected chi connectivity index (χ1v) is 10.3. The summed E-state index contributed by atoms with van der Waals surface area (Å²) < 4.78 is 14.4. The Hall–Kier alpha value is -2.83. The number of aromatic nitrogens is 1. The second-order valence-corrected chi connectivity index (χ2v) is 8.26. The second kappa shape index (κ2) is 8.27. The minimum atomic E-state index is -0.299. The van der Waals surface area contributed by atoms with Crippen LogP contribution in [0.5, 0.6) is 0 Å². The van der Waals surface area contributed by atoms with Crippen molar-refractivity contribution in [2.75, 3.05) is 32.1 Å². The highest BCUT2D eigenvalue weighted by Crippen LogP contribution is 2.31. The number of rotatable bonds is 6. The Morgan fingerprint density at radius 2 is 1.83 bits per heavy atom. The van der Waals surface area contributed by atoms with Gasteiger partial charge in [-0.2, -0.15) is 0 Å². The summed E-state index contributed by atoms with van der Waals surface area (Å²) in [5, 5.41) is 2.55. The van der Waals surface area contributed by atoms with Gasteiger partial charge in [0.15, 0.2) is 5.13 Å². The van der Waals surface area contributed by atoms with E-state index in [2.05, 4.69) is 9.88 Å². The average molecular weight is 408 g/mol. The molecule has 0 bridgehead atoms. The van der Waals surface area contributed by atoms with Crippen LogP contribution >= 0.6 is 11.3 Å². The van der Waals surface area contributed by atoms with Gasteiger partial charge < -0.3 is 4.90 Å². The molecule has 3 aromatic carbocycles. The zero-order valence-corrected chi connectivity index (χ0v) is 17.2. The van der Waals surface area contributed by atoms with E-state index in [-0.39, 0.29) is 11.7 Å². The first-order chi connectivity index (χ1) is 14.0. The fourth-order valence-corrected chi connectivity index (χ4v) is 4.40. The molecule has 0 saturated heterocycles. The van der Waals surface area contributed by atoms with Crippen LogP contribution < -0.4 is 4.90 Å². The van der Waals surface area contributed by atoms with Crippen molar-refractivity contribution in [3.05, 3.63) is 72.0 Å². The Bertz CT molecular complexity index is 1170. The van der Waals surface area contributed by atoms with Crippen molar-refractivity contribution in [3.63, 3.8) is 0 Å². The van der Waals surface area contributed by atoms with Crippen LogP contribution in [0.1, 0.15) is 16.8 Å². The summed E-state index contributed by atoms with van der Waals surface area (Å²) in [5.74, 6) is -0.382. The number of carbonyl (C=O) groups excluding carboxylic acids is 1. The predicted molar refractivity (Wildman–Crippen MR) is 118 cm³/mol. The van der Waals surface area contributed by atoms with Gasteiger partial charge in [0.1, 0.15) is 5.82 Å². The molecule has 0 saturated carbocycles.